The Bertz CT molecular complexity index is 1660. The second-order valence-corrected chi connectivity index (χ2v) is 10.7. The van der Waals surface area contributed by atoms with E-state index in [-0.39, 0.29) is 17.5 Å². The molecule has 0 unspecified atom stereocenters. The molecule has 5 aromatic rings. The zero-order chi connectivity index (χ0) is 26.4. The SMILES string of the molecule is C[C@@H]1C(=O)N(c2ccc3c(cnn3-c3ccc(F)cc3)c2)[C@H](c2ccc(Cl)s2)[C@H]1NC(=O)c1ncccn1. The second-order valence-electron chi connectivity index (χ2n) is 8.93. The summed E-state index contributed by atoms with van der Waals surface area (Å²) in [5.74, 6) is -1.41. The van der Waals surface area contributed by atoms with E-state index >= 15 is 0 Å². The summed E-state index contributed by atoms with van der Waals surface area (Å²) >= 11 is 7.64. The van der Waals surface area contributed by atoms with Gasteiger partial charge in [0.25, 0.3) is 5.91 Å². The van der Waals surface area contributed by atoms with Crippen LogP contribution in [0.15, 0.2) is 79.3 Å². The summed E-state index contributed by atoms with van der Waals surface area (Å²) in [7, 11) is 0. The first-order valence-electron chi connectivity index (χ1n) is 11.8. The minimum absolute atomic E-state index is 0.0307. The Morgan fingerprint density at radius 3 is 2.50 bits per heavy atom. The van der Waals surface area contributed by atoms with Crippen LogP contribution in [0.3, 0.4) is 0 Å². The van der Waals surface area contributed by atoms with Crippen LogP contribution in [0.5, 0.6) is 0 Å². The number of nitrogens with zero attached hydrogens (tertiary/aromatic N) is 5. The average molecular weight is 547 g/mol. The number of benzene rings is 2. The Morgan fingerprint density at radius 2 is 1.79 bits per heavy atom. The van der Waals surface area contributed by atoms with Gasteiger partial charge < -0.3 is 10.2 Å². The zero-order valence-corrected chi connectivity index (χ0v) is 21.5. The number of fused-ring (bicyclic) bond motifs is 1. The van der Waals surface area contributed by atoms with E-state index in [1.165, 1.54) is 35.9 Å². The van der Waals surface area contributed by atoms with Crippen LogP contribution in [-0.4, -0.2) is 37.6 Å². The molecule has 0 bridgehead atoms. The van der Waals surface area contributed by atoms with Gasteiger partial charge in [0.15, 0.2) is 0 Å². The molecule has 0 saturated carbocycles. The lowest BCUT2D eigenvalue weighted by Crippen LogP contribution is -2.42. The van der Waals surface area contributed by atoms with Crippen molar-refractivity contribution in [2.75, 3.05) is 4.90 Å². The topological polar surface area (TPSA) is 93.0 Å². The fourth-order valence-corrected chi connectivity index (χ4v) is 6.02. The number of rotatable bonds is 5. The van der Waals surface area contributed by atoms with Gasteiger partial charge in [0.1, 0.15) is 5.82 Å². The predicted molar refractivity (Wildman–Crippen MR) is 143 cm³/mol. The number of hydrogen-bond acceptors (Lipinski definition) is 6. The van der Waals surface area contributed by atoms with Crippen molar-refractivity contribution in [3.8, 4) is 5.69 Å². The first-order chi connectivity index (χ1) is 18.4. The third-order valence-electron chi connectivity index (χ3n) is 6.64. The molecular weight excluding hydrogens is 527 g/mol. The van der Waals surface area contributed by atoms with E-state index in [1.54, 1.807) is 47.0 Å². The van der Waals surface area contributed by atoms with Crippen molar-refractivity contribution >= 4 is 51.3 Å². The molecule has 11 heteroatoms. The van der Waals surface area contributed by atoms with Crippen molar-refractivity contribution in [3.63, 3.8) is 0 Å². The largest absolute Gasteiger partial charge is 0.343 e. The van der Waals surface area contributed by atoms with Gasteiger partial charge in [-0.2, -0.15) is 5.10 Å². The predicted octanol–water partition coefficient (Wildman–Crippen LogP) is 5.19. The van der Waals surface area contributed by atoms with E-state index in [4.69, 9.17) is 11.6 Å². The normalized spacial score (nSPS) is 19.3. The maximum absolute atomic E-state index is 13.7. The van der Waals surface area contributed by atoms with Gasteiger partial charge in [0.2, 0.25) is 11.7 Å². The van der Waals surface area contributed by atoms with Crippen molar-refractivity contribution in [2.24, 2.45) is 5.92 Å². The monoisotopic (exact) mass is 546 g/mol. The fourth-order valence-electron chi connectivity index (χ4n) is 4.82. The third-order valence-corrected chi connectivity index (χ3v) is 7.94. The van der Waals surface area contributed by atoms with Crippen LogP contribution in [0.4, 0.5) is 10.1 Å². The maximum Gasteiger partial charge on any atom is 0.289 e. The van der Waals surface area contributed by atoms with Crippen molar-refractivity contribution in [1.29, 1.82) is 0 Å². The fraction of sp³-hybridized carbons (Fsp3) is 0.148. The molecule has 3 aromatic heterocycles. The smallest absolute Gasteiger partial charge is 0.289 e. The Kier molecular flexibility index (Phi) is 6.13. The lowest BCUT2D eigenvalue weighted by atomic mass is 9.98. The van der Waals surface area contributed by atoms with Gasteiger partial charge >= 0.3 is 0 Å². The van der Waals surface area contributed by atoms with Crippen LogP contribution in [0.2, 0.25) is 4.34 Å². The highest BCUT2D eigenvalue weighted by atomic mass is 35.5. The van der Waals surface area contributed by atoms with Crippen molar-refractivity contribution in [1.82, 2.24) is 25.1 Å². The van der Waals surface area contributed by atoms with Crippen LogP contribution in [-0.2, 0) is 4.79 Å². The molecule has 3 atom stereocenters. The van der Waals surface area contributed by atoms with Gasteiger partial charge in [-0.1, -0.05) is 18.5 Å². The summed E-state index contributed by atoms with van der Waals surface area (Å²) in [5.41, 5.74) is 2.19. The average Bonchev–Trinajstić information content (AvgIpc) is 3.62. The van der Waals surface area contributed by atoms with Gasteiger partial charge in [0, 0.05) is 28.3 Å². The Labute approximate surface area is 225 Å². The zero-order valence-electron chi connectivity index (χ0n) is 20.0. The number of hydrogen-bond donors (Lipinski definition) is 1. The summed E-state index contributed by atoms with van der Waals surface area (Å²) in [6.45, 7) is 1.80. The van der Waals surface area contributed by atoms with E-state index in [9.17, 15) is 14.0 Å². The van der Waals surface area contributed by atoms with Crippen LogP contribution in [0.1, 0.15) is 28.5 Å². The molecule has 8 nitrogen and oxygen atoms in total. The molecule has 4 heterocycles. The van der Waals surface area contributed by atoms with Gasteiger partial charge in [-0.05, 0) is 60.7 Å². The molecule has 1 aliphatic heterocycles. The van der Waals surface area contributed by atoms with Crippen LogP contribution in [0.25, 0.3) is 16.6 Å². The second kappa shape index (κ2) is 9.62. The molecule has 1 aliphatic rings. The Morgan fingerprint density at radius 1 is 1.05 bits per heavy atom. The highest BCUT2D eigenvalue weighted by Gasteiger charge is 2.48. The maximum atomic E-state index is 13.7. The first-order valence-corrected chi connectivity index (χ1v) is 13.0. The summed E-state index contributed by atoms with van der Waals surface area (Å²) in [5, 5.41) is 8.27. The molecule has 2 amide bonds. The highest BCUT2D eigenvalue weighted by molar-refractivity contribution is 7.16. The van der Waals surface area contributed by atoms with Gasteiger partial charge in [-0.25, -0.2) is 19.0 Å². The van der Waals surface area contributed by atoms with Gasteiger partial charge in [0.05, 0.1) is 39.7 Å². The molecule has 1 N–H and O–H groups in total. The molecule has 190 valence electrons. The summed E-state index contributed by atoms with van der Waals surface area (Å²) < 4.78 is 15.7. The van der Waals surface area contributed by atoms with Crippen molar-refractivity contribution in [3.05, 3.63) is 100 Å². The highest BCUT2D eigenvalue weighted by Crippen LogP contribution is 2.44. The van der Waals surface area contributed by atoms with E-state index < -0.39 is 23.9 Å². The van der Waals surface area contributed by atoms with E-state index in [0.717, 1.165) is 21.5 Å². The first kappa shape index (κ1) is 24.2. The van der Waals surface area contributed by atoms with Crippen LogP contribution < -0.4 is 10.2 Å². The molecule has 38 heavy (non-hydrogen) atoms. The molecule has 0 aliphatic carbocycles. The Balaban J connectivity index is 1.39. The molecule has 0 radical (unpaired) electrons. The summed E-state index contributed by atoms with van der Waals surface area (Å²) in [6.07, 6.45) is 4.69. The summed E-state index contributed by atoms with van der Waals surface area (Å²) in [6, 6.07) is 15.9. The minimum Gasteiger partial charge on any atom is -0.343 e. The Hall–Kier alpha value is -4.15. The van der Waals surface area contributed by atoms with E-state index in [1.807, 2.05) is 24.3 Å². The van der Waals surface area contributed by atoms with Crippen molar-refractivity contribution in [2.45, 2.75) is 19.0 Å². The van der Waals surface area contributed by atoms with Crippen molar-refractivity contribution < 1.29 is 14.0 Å². The number of thiophene rings is 1. The molecule has 1 saturated heterocycles. The summed E-state index contributed by atoms with van der Waals surface area (Å²) in [4.78, 5) is 37.3. The molecule has 2 aromatic carbocycles. The quantitative estimate of drug-likeness (QED) is 0.327. The standard InChI is InChI=1S/C27H20ClFN6O2S/c1-15-23(33-26(36)25-30-11-2-12-31-25)24(21-9-10-22(28)38-21)34(27(15)37)19-7-8-20-16(13-19)14-32-35(20)18-5-3-17(29)4-6-18/h2-15,23-24H,1H3,(H,33,36)/t15-,23-,24+/m0/s1. The number of aromatic nitrogens is 4. The number of nitrogens with one attached hydrogen (secondary N) is 1. The molecule has 6 rings (SSSR count). The number of amides is 2. The number of carbonyl (C=O) groups is 2. The lowest BCUT2D eigenvalue weighted by molar-refractivity contribution is -0.120. The lowest BCUT2D eigenvalue weighted by Gasteiger charge is -2.28. The molecular formula is C27H20ClFN6O2S. The van der Waals surface area contributed by atoms with E-state index in [2.05, 4.69) is 20.4 Å². The number of halogens is 2. The van der Waals surface area contributed by atoms with Crippen LogP contribution in [0, 0.1) is 11.7 Å². The minimum atomic E-state index is -0.550. The van der Waals surface area contributed by atoms with Gasteiger partial charge in [-0.15, -0.1) is 11.3 Å². The van der Waals surface area contributed by atoms with Crippen LogP contribution >= 0.6 is 22.9 Å². The molecule has 0 spiro atoms. The molecule has 1 fully saturated rings. The van der Waals surface area contributed by atoms with E-state index in [0.29, 0.717) is 10.0 Å². The van der Waals surface area contributed by atoms with Gasteiger partial charge in [-0.3, -0.25) is 9.59 Å². The number of carbonyl (C=O) groups excluding carboxylic acids is 2. The third kappa shape index (κ3) is 4.21. The number of anilines is 1.